The van der Waals surface area contributed by atoms with Gasteiger partial charge in [0.05, 0.1) is 17.8 Å². The van der Waals surface area contributed by atoms with E-state index in [1.54, 1.807) is 22.8 Å². The second-order valence-electron chi connectivity index (χ2n) is 7.37. The van der Waals surface area contributed by atoms with Crippen LogP contribution >= 0.6 is 0 Å². The zero-order valence-corrected chi connectivity index (χ0v) is 16.6. The lowest BCUT2D eigenvalue weighted by molar-refractivity contribution is 0.0695. The molecule has 6 nitrogen and oxygen atoms in total. The molecule has 7 heteroatoms. The Bertz CT molecular complexity index is 1320. The molecule has 0 fully saturated rings. The van der Waals surface area contributed by atoms with Gasteiger partial charge >= 0.3 is 5.97 Å². The van der Waals surface area contributed by atoms with Gasteiger partial charge in [-0.15, -0.1) is 0 Å². The summed E-state index contributed by atoms with van der Waals surface area (Å²) in [7, 11) is 0. The van der Waals surface area contributed by atoms with Crippen LogP contribution in [-0.2, 0) is 13.1 Å². The average molecular weight is 405 g/mol. The Morgan fingerprint density at radius 1 is 1.03 bits per heavy atom. The van der Waals surface area contributed by atoms with E-state index in [4.69, 9.17) is 0 Å². The second-order valence-corrected chi connectivity index (χ2v) is 7.37. The maximum atomic E-state index is 13.2. The number of aromatic nitrogens is 3. The molecule has 152 valence electrons. The van der Waals surface area contributed by atoms with Crippen LogP contribution in [0.15, 0.2) is 59.5 Å². The number of halogens is 1. The fourth-order valence-electron chi connectivity index (χ4n) is 3.62. The van der Waals surface area contributed by atoms with Gasteiger partial charge < -0.3 is 9.67 Å². The maximum absolute atomic E-state index is 13.2. The van der Waals surface area contributed by atoms with Crippen LogP contribution in [0.25, 0.3) is 10.9 Å². The zero-order chi connectivity index (χ0) is 21.4. The van der Waals surface area contributed by atoms with Gasteiger partial charge in [0, 0.05) is 23.8 Å². The van der Waals surface area contributed by atoms with Gasteiger partial charge in [0.2, 0.25) is 5.43 Å². The van der Waals surface area contributed by atoms with Gasteiger partial charge in [-0.2, -0.15) is 5.10 Å². The third-order valence-corrected chi connectivity index (χ3v) is 5.08. The highest BCUT2D eigenvalue weighted by Gasteiger charge is 2.15. The van der Waals surface area contributed by atoms with Crippen LogP contribution in [0.2, 0.25) is 0 Å². The first kappa shape index (κ1) is 19.6. The Morgan fingerprint density at radius 2 is 1.73 bits per heavy atom. The number of hydrogen-bond donors (Lipinski definition) is 1. The van der Waals surface area contributed by atoms with E-state index >= 15 is 0 Å². The monoisotopic (exact) mass is 405 g/mol. The van der Waals surface area contributed by atoms with Gasteiger partial charge in [-0.3, -0.25) is 9.48 Å². The topological polar surface area (TPSA) is 77.1 Å². The molecule has 0 radical (unpaired) electrons. The summed E-state index contributed by atoms with van der Waals surface area (Å²) in [6.45, 7) is 4.66. The Hall–Kier alpha value is -3.74. The van der Waals surface area contributed by atoms with E-state index in [0.29, 0.717) is 24.0 Å². The average Bonchev–Trinajstić information content (AvgIpc) is 3.02. The number of benzene rings is 2. The first-order chi connectivity index (χ1) is 14.3. The van der Waals surface area contributed by atoms with Crippen molar-refractivity contribution in [2.75, 3.05) is 0 Å². The van der Waals surface area contributed by atoms with Crippen molar-refractivity contribution in [3.05, 3.63) is 98.8 Å². The van der Waals surface area contributed by atoms with Crippen LogP contribution in [0, 0.1) is 19.7 Å². The predicted molar refractivity (Wildman–Crippen MR) is 111 cm³/mol. The first-order valence-electron chi connectivity index (χ1n) is 9.46. The van der Waals surface area contributed by atoms with Crippen molar-refractivity contribution in [1.29, 1.82) is 0 Å². The van der Waals surface area contributed by atoms with Crippen molar-refractivity contribution in [3.8, 4) is 0 Å². The Morgan fingerprint density at radius 3 is 2.37 bits per heavy atom. The molecule has 4 rings (SSSR count). The molecule has 0 aliphatic carbocycles. The van der Waals surface area contributed by atoms with Crippen molar-refractivity contribution < 1.29 is 14.3 Å². The van der Waals surface area contributed by atoms with Crippen LogP contribution in [0.1, 0.15) is 32.9 Å². The standard InChI is InChI=1S/C23H20FN3O3/c1-14-9-15(2)27(25-14)12-17-5-8-21-19(10-17)22(28)20(23(29)30)13-26(21)11-16-3-6-18(24)7-4-16/h3-10,13H,11-12H2,1-2H3,(H,29,30). The van der Waals surface area contributed by atoms with Crippen molar-refractivity contribution in [2.45, 2.75) is 26.9 Å². The molecule has 1 N–H and O–H groups in total. The van der Waals surface area contributed by atoms with E-state index in [0.717, 1.165) is 22.5 Å². The number of fused-ring (bicyclic) bond motifs is 1. The molecule has 30 heavy (non-hydrogen) atoms. The number of carboxylic acid groups (broad SMARTS) is 1. The number of carboxylic acids is 1. The molecule has 0 unspecified atom stereocenters. The van der Waals surface area contributed by atoms with E-state index in [2.05, 4.69) is 5.10 Å². The molecular weight excluding hydrogens is 385 g/mol. The zero-order valence-electron chi connectivity index (χ0n) is 16.6. The summed E-state index contributed by atoms with van der Waals surface area (Å²) in [6.07, 6.45) is 1.34. The largest absolute Gasteiger partial charge is 0.477 e. The molecule has 2 heterocycles. The molecule has 0 aliphatic heterocycles. The highest BCUT2D eigenvalue weighted by atomic mass is 19.1. The molecule has 0 atom stereocenters. The lowest BCUT2D eigenvalue weighted by Gasteiger charge is -2.14. The van der Waals surface area contributed by atoms with Crippen molar-refractivity contribution in [1.82, 2.24) is 14.3 Å². The molecule has 2 aromatic carbocycles. The molecule has 0 saturated heterocycles. The van der Waals surface area contributed by atoms with Crippen molar-refractivity contribution in [2.24, 2.45) is 0 Å². The number of rotatable bonds is 5. The normalized spacial score (nSPS) is 11.2. The van der Waals surface area contributed by atoms with Crippen LogP contribution in [0.3, 0.4) is 0 Å². The number of pyridine rings is 1. The summed E-state index contributed by atoms with van der Waals surface area (Å²) in [5, 5.41) is 14.3. The van der Waals surface area contributed by atoms with Gasteiger partial charge in [0.25, 0.3) is 0 Å². The summed E-state index contributed by atoms with van der Waals surface area (Å²) in [5.41, 5.74) is 3.34. The number of aromatic carboxylic acids is 1. The molecule has 4 aromatic rings. The predicted octanol–water partition coefficient (Wildman–Crippen LogP) is 3.75. The molecule has 0 aliphatic rings. The van der Waals surface area contributed by atoms with Gasteiger partial charge in [-0.25, -0.2) is 9.18 Å². The van der Waals surface area contributed by atoms with Crippen LogP contribution in [0.5, 0.6) is 0 Å². The Kier molecular flexibility index (Phi) is 4.95. The third kappa shape index (κ3) is 3.74. The number of aryl methyl sites for hydroxylation is 2. The van der Waals surface area contributed by atoms with Gasteiger partial charge in [-0.1, -0.05) is 18.2 Å². The Labute approximate surface area is 171 Å². The fourth-order valence-corrected chi connectivity index (χ4v) is 3.62. The number of hydrogen-bond acceptors (Lipinski definition) is 3. The lowest BCUT2D eigenvalue weighted by Crippen LogP contribution is -2.19. The summed E-state index contributed by atoms with van der Waals surface area (Å²) in [6, 6.07) is 13.4. The van der Waals surface area contributed by atoms with Crippen LogP contribution in [-0.4, -0.2) is 25.4 Å². The van der Waals surface area contributed by atoms with E-state index in [1.807, 2.05) is 36.7 Å². The third-order valence-electron chi connectivity index (χ3n) is 5.08. The molecule has 0 amide bonds. The SMILES string of the molecule is Cc1cc(C)n(Cc2ccc3c(c2)c(=O)c(C(=O)O)cn3Cc2ccc(F)cc2)n1. The summed E-state index contributed by atoms with van der Waals surface area (Å²) in [4.78, 5) is 24.5. The molecule has 0 spiro atoms. The minimum Gasteiger partial charge on any atom is -0.477 e. The van der Waals surface area contributed by atoms with Crippen molar-refractivity contribution >= 4 is 16.9 Å². The highest BCUT2D eigenvalue weighted by molar-refractivity contribution is 5.92. The van der Waals surface area contributed by atoms with E-state index in [-0.39, 0.29) is 11.4 Å². The quantitative estimate of drug-likeness (QED) is 0.549. The van der Waals surface area contributed by atoms with Gasteiger partial charge in [0.1, 0.15) is 11.4 Å². The summed E-state index contributed by atoms with van der Waals surface area (Å²) in [5.74, 6) is -1.62. The fraction of sp³-hybridized carbons (Fsp3) is 0.174. The molecule has 2 aromatic heterocycles. The highest BCUT2D eigenvalue weighted by Crippen LogP contribution is 2.18. The smallest absolute Gasteiger partial charge is 0.341 e. The summed E-state index contributed by atoms with van der Waals surface area (Å²) >= 11 is 0. The van der Waals surface area contributed by atoms with Crippen LogP contribution < -0.4 is 5.43 Å². The van der Waals surface area contributed by atoms with E-state index < -0.39 is 11.4 Å². The minimum absolute atomic E-state index is 0.298. The Balaban J connectivity index is 1.82. The van der Waals surface area contributed by atoms with Crippen LogP contribution in [0.4, 0.5) is 4.39 Å². The molecule has 0 saturated carbocycles. The molecule has 0 bridgehead atoms. The van der Waals surface area contributed by atoms with Gasteiger partial charge in [-0.05, 0) is 55.3 Å². The molecular formula is C23H20FN3O3. The summed E-state index contributed by atoms with van der Waals surface area (Å²) < 4.78 is 16.8. The first-order valence-corrected chi connectivity index (χ1v) is 9.46. The van der Waals surface area contributed by atoms with Gasteiger partial charge in [0.15, 0.2) is 0 Å². The van der Waals surface area contributed by atoms with E-state index in [1.165, 1.54) is 18.3 Å². The second kappa shape index (κ2) is 7.59. The van der Waals surface area contributed by atoms with E-state index in [9.17, 15) is 19.1 Å². The number of nitrogens with zero attached hydrogens (tertiary/aromatic N) is 3. The maximum Gasteiger partial charge on any atom is 0.341 e. The van der Waals surface area contributed by atoms with Crippen molar-refractivity contribution in [3.63, 3.8) is 0 Å². The number of carbonyl (C=O) groups is 1. The minimum atomic E-state index is -1.28. The lowest BCUT2D eigenvalue weighted by atomic mass is 10.1.